The highest BCUT2D eigenvalue weighted by Gasteiger charge is 2.32. The van der Waals surface area contributed by atoms with Crippen LogP contribution in [0.15, 0.2) is 29.1 Å². The number of hydrogen-bond donors (Lipinski definition) is 1. The summed E-state index contributed by atoms with van der Waals surface area (Å²) in [7, 11) is 0. The average molecular weight is 271 g/mol. The summed E-state index contributed by atoms with van der Waals surface area (Å²) >= 11 is 0. The van der Waals surface area contributed by atoms with Crippen molar-refractivity contribution in [2.75, 3.05) is 5.73 Å². The van der Waals surface area contributed by atoms with Crippen LogP contribution in [0.1, 0.15) is 42.5 Å². The number of rotatable bonds is 4. The van der Waals surface area contributed by atoms with Gasteiger partial charge in [-0.15, -0.1) is 0 Å². The lowest BCUT2D eigenvalue weighted by Gasteiger charge is -2.14. The number of hydrogen-bond acceptors (Lipinski definition) is 2. The lowest BCUT2D eigenvalue weighted by atomic mass is 10.1. The molecule has 106 valence electrons. The Kier molecular flexibility index (Phi) is 3.16. The Morgan fingerprint density at radius 2 is 1.95 bits per heavy atom. The third-order valence-corrected chi connectivity index (χ3v) is 4.16. The summed E-state index contributed by atoms with van der Waals surface area (Å²) < 4.78 is 3.87. The van der Waals surface area contributed by atoms with E-state index in [-0.39, 0.29) is 5.56 Å². The first-order chi connectivity index (χ1) is 9.63. The van der Waals surface area contributed by atoms with Gasteiger partial charge in [-0.25, -0.2) is 4.68 Å². The molecule has 1 fully saturated rings. The van der Waals surface area contributed by atoms with E-state index in [9.17, 15) is 4.79 Å². The number of benzene rings is 1. The van der Waals surface area contributed by atoms with E-state index in [2.05, 4.69) is 30.7 Å². The highest BCUT2D eigenvalue weighted by Crippen LogP contribution is 2.42. The second-order valence-electron chi connectivity index (χ2n) is 5.58. The molecule has 3 rings (SSSR count). The van der Waals surface area contributed by atoms with E-state index in [1.165, 1.54) is 11.1 Å². The molecule has 1 aliphatic carbocycles. The Labute approximate surface area is 118 Å². The zero-order valence-electron chi connectivity index (χ0n) is 12.1. The van der Waals surface area contributed by atoms with Gasteiger partial charge in [-0.05, 0) is 37.8 Å². The number of nitrogens with two attached hydrogens (primary N) is 1. The molecule has 0 saturated heterocycles. The maximum absolute atomic E-state index is 12.4. The van der Waals surface area contributed by atoms with Gasteiger partial charge < -0.3 is 5.73 Å². The Morgan fingerprint density at radius 3 is 2.55 bits per heavy atom. The van der Waals surface area contributed by atoms with Gasteiger partial charge in [-0.1, -0.05) is 24.3 Å². The monoisotopic (exact) mass is 271 g/mol. The van der Waals surface area contributed by atoms with Gasteiger partial charge in [0, 0.05) is 12.5 Å². The molecule has 4 heteroatoms. The summed E-state index contributed by atoms with van der Waals surface area (Å²) in [5, 5.41) is 0. The van der Waals surface area contributed by atoms with E-state index < -0.39 is 0 Å². The molecule has 0 aliphatic heterocycles. The summed E-state index contributed by atoms with van der Waals surface area (Å²) in [6.07, 6.45) is 2.30. The topological polar surface area (TPSA) is 52.9 Å². The van der Waals surface area contributed by atoms with E-state index in [0.29, 0.717) is 18.2 Å². The van der Waals surface area contributed by atoms with Gasteiger partial charge in [0.15, 0.2) is 0 Å². The molecule has 2 aromatic rings. The third kappa shape index (κ3) is 2.05. The second kappa shape index (κ2) is 4.85. The summed E-state index contributed by atoms with van der Waals surface area (Å²) in [4.78, 5) is 12.4. The maximum atomic E-state index is 12.4. The van der Waals surface area contributed by atoms with Crippen LogP contribution in [-0.4, -0.2) is 9.36 Å². The average Bonchev–Trinajstić information content (AvgIpc) is 3.24. The number of aromatic nitrogens is 2. The standard InChI is InChI=1S/C16H21N3O/c1-3-18-15(12-8-9-12)14(17)16(20)19(18)10-13-7-5-4-6-11(13)2/h4-7,12H,3,8-10,17H2,1-2H3. The highest BCUT2D eigenvalue weighted by atomic mass is 16.1. The lowest BCUT2D eigenvalue weighted by Crippen LogP contribution is -2.24. The molecule has 0 spiro atoms. The quantitative estimate of drug-likeness (QED) is 0.928. The normalized spacial score (nSPS) is 14.7. The molecule has 20 heavy (non-hydrogen) atoms. The van der Waals surface area contributed by atoms with E-state index in [1.807, 2.05) is 12.1 Å². The van der Waals surface area contributed by atoms with Crippen LogP contribution in [0.2, 0.25) is 0 Å². The van der Waals surface area contributed by atoms with Crippen molar-refractivity contribution in [1.29, 1.82) is 0 Å². The minimum Gasteiger partial charge on any atom is -0.393 e. The smallest absolute Gasteiger partial charge is 0.290 e. The molecular formula is C16H21N3O. The van der Waals surface area contributed by atoms with Crippen molar-refractivity contribution in [3.05, 3.63) is 51.4 Å². The van der Waals surface area contributed by atoms with E-state index in [4.69, 9.17) is 5.73 Å². The van der Waals surface area contributed by atoms with E-state index in [1.54, 1.807) is 4.68 Å². The fourth-order valence-corrected chi connectivity index (χ4v) is 2.86. The van der Waals surface area contributed by atoms with Gasteiger partial charge >= 0.3 is 0 Å². The minimum atomic E-state index is -0.0444. The Bertz CT molecular complexity index is 692. The van der Waals surface area contributed by atoms with Gasteiger partial charge in [0.1, 0.15) is 5.69 Å². The molecule has 2 N–H and O–H groups in total. The largest absolute Gasteiger partial charge is 0.393 e. The lowest BCUT2D eigenvalue weighted by molar-refractivity contribution is 0.472. The van der Waals surface area contributed by atoms with Crippen LogP contribution in [0.5, 0.6) is 0 Å². The second-order valence-corrected chi connectivity index (χ2v) is 5.58. The fraction of sp³-hybridized carbons (Fsp3) is 0.438. The van der Waals surface area contributed by atoms with Crippen molar-refractivity contribution in [2.45, 2.75) is 45.7 Å². The molecule has 0 unspecified atom stereocenters. The highest BCUT2D eigenvalue weighted by molar-refractivity contribution is 5.45. The van der Waals surface area contributed by atoms with Crippen LogP contribution in [0.4, 0.5) is 5.69 Å². The van der Waals surface area contributed by atoms with Crippen molar-refractivity contribution in [3.63, 3.8) is 0 Å². The van der Waals surface area contributed by atoms with Crippen molar-refractivity contribution < 1.29 is 0 Å². The predicted octanol–water partition coefficient (Wildman–Crippen LogP) is 2.49. The molecule has 4 nitrogen and oxygen atoms in total. The zero-order chi connectivity index (χ0) is 14.3. The van der Waals surface area contributed by atoms with Crippen LogP contribution in [0.25, 0.3) is 0 Å². The van der Waals surface area contributed by atoms with Crippen LogP contribution >= 0.6 is 0 Å². The van der Waals surface area contributed by atoms with Crippen LogP contribution in [0.3, 0.4) is 0 Å². The molecule has 1 heterocycles. The molecular weight excluding hydrogens is 250 g/mol. The number of aryl methyl sites for hydroxylation is 1. The van der Waals surface area contributed by atoms with E-state index in [0.717, 1.165) is 25.1 Å². The number of anilines is 1. The summed E-state index contributed by atoms with van der Waals surface area (Å²) in [6, 6.07) is 8.18. The molecule has 1 aliphatic rings. The van der Waals surface area contributed by atoms with Crippen LogP contribution in [0, 0.1) is 6.92 Å². The van der Waals surface area contributed by atoms with Crippen molar-refractivity contribution >= 4 is 5.69 Å². The Morgan fingerprint density at radius 1 is 1.25 bits per heavy atom. The molecule has 1 aromatic heterocycles. The molecule has 1 saturated carbocycles. The van der Waals surface area contributed by atoms with Gasteiger partial charge in [0.05, 0.1) is 12.2 Å². The third-order valence-electron chi connectivity index (χ3n) is 4.16. The van der Waals surface area contributed by atoms with Crippen molar-refractivity contribution in [3.8, 4) is 0 Å². The van der Waals surface area contributed by atoms with Gasteiger partial charge in [0.2, 0.25) is 0 Å². The van der Waals surface area contributed by atoms with Gasteiger partial charge in [-0.2, -0.15) is 0 Å². The first-order valence-corrected chi connectivity index (χ1v) is 7.27. The molecule has 0 atom stereocenters. The van der Waals surface area contributed by atoms with Crippen LogP contribution < -0.4 is 11.3 Å². The summed E-state index contributed by atoms with van der Waals surface area (Å²) in [5.41, 5.74) is 9.88. The molecule has 0 radical (unpaired) electrons. The van der Waals surface area contributed by atoms with Crippen LogP contribution in [-0.2, 0) is 13.1 Å². The van der Waals surface area contributed by atoms with Gasteiger partial charge in [0.25, 0.3) is 5.56 Å². The number of nitrogens with zero attached hydrogens (tertiary/aromatic N) is 2. The van der Waals surface area contributed by atoms with Gasteiger partial charge in [-0.3, -0.25) is 9.48 Å². The first-order valence-electron chi connectivity index (χ1n) is 7.27. The maximum Gasteiger partial charge on any atom is 0.290 e. The first kappa shape index (κ1) is 13.0. The predicted molar refractivity (Wildman–Crippen MR) is 81.0 cm³/mol. The molecule has 0 amide bonds. The molecule has 0 bridgehead atoms. The SMILES string of the molecule is CCn1c(C2CC2)c(N)c(=O)n1Cc1ccccc1C. The minimum absolute atomic E-state index is 0.0444. The van der Waals surface area contributed by atoms with Crippen molar-refractivity contribution in [2.24, 2.45) is 0 Å². The zero-order valence-corrected chi connectivity index (χ0v) is 12.1. The summed E-state index contributed by atoms with van der Waals surface area (Å²) in [6.45, 7) is 5.52. The molecule has 1 aromatic carbocycles. The van der Waals surface area contributed by atoms with Crippen molar-refractivity contribution in [1.82, 2.24) is 9.36 Å². The van der Waals surface area contributed by atoms with E-state index >= 15 is 0 Å². The Hall–Kier alpha value is -1.97. The fourth-order valence-electron chi connectivity index (χ4n) is 2.86. The summed E-state index contributed by atoms with van der Waals surface area (Å²) in [5.74, 6) is 0.487. The number of nitrogen functional groups attached to an aromatic ring is 1. The Balaban J connectivity index is 2.07.